The molecule has 6 heteroatoms. The smallest absolute Gasteiger partial charge is 0.241 e. The number of hydrogen-bond acceptors (Lipinski definition) is 3. The molecular formula is C19H26BrNO3S. The van der Waals surface area contributed by atoms with E-state index in [-0.39, 0.29) is 10.9 Å². The number of rotatable bonds is 5. The number of amides is 1. The van der Waals surface area contributed by atoms with Gasteiger partial charge in [-0.15, -0.1) is 0 Å². The second kappa shape index (κ2) is 6.69. The Kier molecular flexibility index (Phi) is 5.06. The highest BCUT2D eigenvalue weighted by Crippen LogP contribution is 2.49. The lowest BCUT2D eigenvalue weighted by Gasteiger charge is -2.32. The van der Waals surface area contributed by atoms with E-state index in [1.54, 1.807) is 12.1 Å². The number of sulfone groups is 1. The van der Waals surface area contributed by atoms with Crippen LogP contribution in [0.2, 0.25) is 0 Å². The minimum Gasteiger partial charge on any atom is -0.352 e. The van der Waals surface area contributed by atoms with E-state index < -0.39 is 20.5 Å². The summed E-state index contributed by atoms with van der Waals surface area (Å²) in [6, 6.07) is 6.45. The van der Waals surface area contributed by atoms with Gasteiger partial charge in [0, 0.05) is 10.5 Å². The summed E-state index contributed by atoms with van der Waals surface area (Å²) >= 11 is 3.30. The van der Waals surface area contributed by atoms with Crippen LogP contribution in [0.25, 0.3) is 0 Å². The molecule has 2 bridgehead atoms. The first kappa shape index (κ1) is 18.9. The van der Waals surface area contributed by atoms with E-state index in [0.29, 0.717) is 11.8 Å². The van der Waals surface area contributed by atoms with E-state index in [9.17, 15) is 13.2 Å². The molecule has 2 aliphatic carbocycles. The number of carbonyl (C=O) groups is 1. The molecule has 4 nitrogen and oxygen atoms in total. The minimum absolute atomic E-state index is 0.0159. The van der Waals surface area contributed by atoms with Crippen molar-refractivity contribution in [3.05, 3.63) is 28.7 Å². The van der Waals surface area contributed by atoms with E-state index in [0.717, 1.165) is 16.8 Å². The van der Waals surface area contributed by atoms with E-state index in [4.69, 9.17) is 0 Å². The van der Waals surface area contributed by atoms with E-state index >= 15 is 0 Å². The van der Waals surface area contributed by atoms with Gasteiger partial charge in [0.15, 0.2) is 9.84 Å². The zero-order valence-electron chi connectivity index (χ0n) is 15.0. The molecule has 1 aromatic carbocycles. The normalized spacial score (nSPS) is 27.3. The monoisotopic (exact) mass is 427 g/mol. The first-order valence-electron chi connectivity index (χ1n) is 8.94. The zero-order valence-corrected chi connectivity index (χ0v) is 17.4. The fourth-order valence-corrected chi connectivity index (χ4v) is 6.08. The summed E-state index contributed by atoms with van der Waals surface area (Å²) in [5.41, 5.74) is 0. The standard InChI is InChI=1S/C19H26BrNO3S/c1-12(17-11-13-4-5-14(17)10-13)21-18(22)19(2,3)25(23,24)16-8-6-15(20)7-9-16/h6-9,12-14,17H,4-5,10-11H2,1-3H3,(H,21,22)/t12-,13-,14-,17+/m0/s1. The Hall–Kier alpha value is -0.880. The Bertz CT molecular complexity index is 757. The zero-order chi connectivity index (χ0) is 18.4. The lowest BCUT2D eigenvalue weighted by Crippen LogP contribution is -2.52. The third-order valence-electron chi connectivity index (χ3n) is 6.14. The van der Waals surface area contributed by atoms with Gasteiger partial charge in [-0.2, -0.15) is 0 Å². The second-order valence-electron chi connectivity index (χ2n) is 8.07. The number of halogens is 1. The van der Waals surface area contributed by atoms with Crippen LogP contribution in [0, 0.1) is 17.8 Å². The first-order chi connectivity index (χ1) is 11.6. The van der Waals surface area contributed by atoms with Crippen LogP contribution in [-0.2, 0) is 14.6 Å². The van der Waals surface area contributed by atoms with Crippen molar-refractivity contribution < 1.29 is 13.2 Å². The SMILES string of the molecule is C[C@H](NC(=O)C(C)(C)S(=O)(=O)c1ccc(Br)cc1)[C@H]1C[C@H]2CC[C@H]1C2. The maximum atomic E-state index is 13.0. The van der Waals surface area contributed by atoms with Crippen molar-refractivity contribution >= 4 is 31.7 Å². The third kappa shape index (κ3) is 3.39. The number of nitrogens with one attached hydrogen (secondary N) is 1. The summed E-state index contributed by atoms with van der Waals surface area (Å²) in [6.45, 7) is 5.01. The molecule has 138 valence electrons. The molecule has 0 aliphatic heterocycles. The third-order valence-corrected chi connectivity index (χ3v) is 9.09. The van der Waals surface area contributed by atoms with Gasteiger partial charge in [0.2, 0.25) is 5.91 Å². The van der Waals surface area contributed by atoms with Gasteiger partial charge < -0.3 is 5.32 Å². The van der Waals surface area contributed by atoms with Crippen LogP contribution >= 0.6 is 15.9 Å². The van der Waals surface area contributed by atoms with Crippen molar-refractivity contribution in [1.29, 1.82) is 0 Å². The highest BCUT2D eigenvalue weighted by molar-refractivity contribution is 9.10. The van der Waals surface area contributed by atoms with E-state index in [1.807, 2.05) is 6.92 Å². The molecule has 2 saturated carbocycles. The highest BCUT2D eigenvalue weighted by Gasteiger charge is 2.46. The molecule has 4 atom stereocenters. The predicted octanol–water partition coefficient (Wildman–Crippen LogP) is 3.94. The topological polar surface area (TPSA) is 63.2 Å². The molecule has 2 fully saturated rings. The summed E-state index contributed by atoms with van der Waals surface area (Å²) in [7, 11) is -3.77. The van der Waals surface area contributed by atoms with Crippen molar-refractivity contribution in [2.45, 2.75) is 62.1 Å². The molecule has 1 N–H and O–H groups in total. The van der Waals surface area contributed by atoms with Gasteiger partial charge in [0.25, 0.3) is 0 Å². The first-order valence-corrected chi connectivity index (χ1v) is 11.2. The Morgan fingerprint density at radius 1 is 1.20 bits per heavy atom. The largest absolute Gasteiger partial charge is 0.352 e. The summed E-state index contributed by atoms with van der Waals surface area (Å²) in [6.07, 6.45) is 4.98. The number of fused-ring (bicyclic) bond motifs is 2. The van der Waals surface area contributed by atoms with Gasteiger partial charge >= 0.3 is 0 Å². The molecule has 0 radical (unpaired) electrons. The van der Waals surface area contributed by atoms with Crippen molar-refractivity contribution in [2.24, 2.45) is 17.8 Å². The van der Waals surface area contributed by atoms with Crippen molar-refractivity contribution in [2.75, 3.05) is 0 Å². The Labute approximate surface area is 158 Å². The van der Waals surface area contributed by atoms with Gasteiger partial charge in [-0.3, -0.25) is 4.79 Å². The van der Waals surface area contributed by atoms with Gasteiger partial charge in [0.05, 0.1) is 4.90 Å². The second-order valence-corrected chi connectivity index (χ2v) is 11.5. The van der Waals surface area contributed by atoms with Crippen molar-refractivity contribution in [3.63, 3.8) is 0 Å². The van der Waals surface area contributed by atoms with Crippen LogP contribution in [0.15, 0.2) is 33.6 Å². The molecule has 25 heavy (non-hydrogen) atoms. The van der Waals surface area contributed by atoms with Crippen LogP contribution in [0.1, 0.15) is 46.5 Å². The van der Waals surface area contributed by atoms with Gasteiger partial charge in [-0.1, -0.05) is 22.4 Å². The number of benzene rings is 1. The van der Waals surface area contributed by atoms with Gasteiger partial charge in [-0.05, 0) is 82.1 Å². The Morgan fingerprint density at radius 2 is 1.84 bits per heavy atom. The number of hydrogen-bond donors (Lipinski definition) is 1. The maximum Gasteiger partial charge on any atom is 0.241 e. The average molecular weight is 428 g/mol. The predicted molar refractivity (Wildman–Crippen MR) is 102 cm³/mol. The number of carbonyl (C=O) groups excluding carboxylic acids is 1. The van der Waals surface area contributed by atoms with Crippen molar-refractivity contribution in [3.8, 4) is 0 Å². The average Bonchev–Trinajstić information content (AvgIpc) is 3.18. The lowest BCUT2D eigenvalue weighted by atomic mass is 9.84. The minimum atomic E-state index is -3.77. The van der Waals surface area contributed by atoms with Gasteiger partial charge in [0.1, 0.15) is 4.75 Å². The van der Waals surface area contributed by atoms with Crippen LogP contribution < -0.4 is 5.32 Å². The molecule has 0 spiro atoms. The maximum absolute atomic E-state index is 13.0. The van der Waals surface area contributed by atoms with Crippen LogP contribution in [0.3, 0.4) is 0 Å². The molecule has 0 aromatic heterocycles. The summed E-state index contributed by atoms with van der Waals surface area (Å²) in [4.78, 5) is 13.0. The molecule has 0 unspecified atom stereocenters. The molecule has 0 heterocycles. The Morgan fingerprint density at radius 3 is 2.36 bits per heavy atom. The molecule has 0 saturated heterocycles. The van der Waals surface area contributed by atoms with E-state index in [1.165, 1.54) is 45.2 Å². The summed E-state index contributed by atoms with van der Waals surface area (Å²) < 4.78 is 25.2. The lowest BCUT2D eigenvalue weighted by molar-refractivity contribution is -0.124. The quantitative estimate of drug-likeness (QED) is 0.773. The van der Waals surface area contributed by atoms with Crippen LogP contribution in [0.5, 0.6) is 0 Å². The van der Waals surface area contributed by atoms with Gasteiger partial charge in [-0.25, -0.2) is 8.42 Å². The van der Waals surface area contributed by atoms with E-state index in [2.05, 4.69) is 21.2 Å². The highest BCUT2D eigenvalue weighted by atomic mass is 79.9. The fraction of sp³-hybridized carbons (Fsp3) is 0.632. The molecule has 3 rings (SSSR count). The Balaban J connectivity index is 1.74. The molecule has 1 amide bonds. The summed E-state index contributed by atoms with van der Waals surface area (Å²) in [5, 5.41) is 3.01. The summed E-state index contributed by atoms with van der Waals surface area (Å²) in [5.74, 6) is 1.56. The molecule has 1 aromatic rings. The fourth-order valence-electron chi connectivity index (χ4n) is 4.42. The van der Waals surface area contributed by atoms with Crippen LogP contribution in [-0.4, -0.2) is 25.1 Å². The molecule has 2 aliphatic rings. The molecular weight excluding hydrogens is 402 g/mol. The van der Waals surface area contributed by atoms with Crippen molar-refractivity contribution in [1.82, 2.24) is 5.32 Å². The van der Waals surface area contributed by atoms with Crippen LogP contribution in [0.4, 0.5) is 0 Å².